The molecule has 50 heavy (non-hydrogen) atoms. The van der Waals surface area contributed by atoms with Crippen molar-refractivity contribution in [3.05, 3.63) is 188 Å². The Hall–Kier alpha value is -6.15. The molecule has 3 nitrogen and oxygen atoms in total. The normalized spacial score (nSPS) is 15.3. The molecule has 8 aromatic carbocycles. The molecule has 0 aliphatic carbocycles. The molecule has 2 heterocycles. The van der Waals surface area contributed by atoms with Gasteiger partial charge in [0.2, 0.25) is 0 Å². The van der Waals surface area contributed by atoms with E-state index in [0.717, 1.165) is 60.6 Å². The minimum absolute atomic E-state index is 0.849. The summed E-state index contributed by atoms with van der Waals surface area (Å²) in [7, 11) is -3.31. The van der Waals surface area contributed by atoms with Crippen molar-refractivity contribution in [2.45, 2.75) is 0 Å². The van der Waals surface area contributed by atoms with Crippen LogP contribution in [0.15, 0.2) is 188 Å². The molecule has 1 atom stereocenters. The molecule has 10 rings (SSSR count). The highest BCUT2D eigenvalue weighted by molar-refractivity contribution is 7.86. The zero-order chi connectivity index (χ0) is 33.2. The molecule has 236 valence electrons. The Morgan fingerprint density at radius 2 is 0.960 bits per heavy atom. The molecule has 0 saturated heterocycles. The van der Waals surface area contributed by atoms with Gasteiger partial charge in [0.15, 0.2) is 7.14 Å². The second kappa shape index (κ2) is 11.2. The van der Waals surface area contributed by atoms with Crippen molar-refractivity contribution in [3.8, 4) is 16.8 Å². The lowest BCUT2D eigenvalue weighted by Crippen LogP contribution is -2.36. The zero-order valence-electron chi connectivity index (χ0n) is 27.1. The molecule has 0 radical (unpaired) electrons. The molecule has 1 aliphatic heterocycles. The van der Waals surface area contributed by atoms with Crippen molar-refractivity contribution in [2.24, 2.45) is 0 Å². The summed E-state index contributed by atoms with van der Waals surface area (Å²) in [4.78, 5) is 2.29. The van der Waals surface area contributed by atoms with Crippen LogP contribution in [-0.2, 0) is 4.57 Å². The van der Waals surface area contributed by atoms with E-state index in [2.05, 4.69) is 161 Å². The molecular weight excluding hydrogens is 627 g/mol. The van der Waals surface area contributed by atoms with Gasteiger partial charge >= 0.3 is 0 Å². The first-order valence-corrected chi connectivity index (χ1v) is 18.7. The topological polar surface area (TPSA) is 25.2 Å². The van der Waals surface area contributed by atoms with Crippen molar-refractivity contribution in [1.29, 1.82) is 0 Å². The fraction of sp³-hybridized carbons (Fsp3) is 0. The summed E-state index contributed by atoms with van der Waals surface area (Å²) in [5, 5.41) is 7.11. The summed E-state index contributed by atoms with van der Waals surface area (Å²) in [5.74, 6) is 0. The van der Waals surface area contributed by atoms with Crippen LogP contribution in [0.5, 0.6) is 0 Å². The molecule has 0 saturated carbocycles. The largest absolute Gasteiger partial charge is 0.309 e. The quantitative estimate of drug-likeness (QED) is 0.176. The Kier molecular flexibility index (Phi) is 6.46. The first-order chi connectivity index (χ1) is 24.7. The van der Waals surface area contributed by atoms with E-state index in [-0.39, 0.29) is 0 Å². The minimum Gasteiger partial charge on any atom is -0.309 e. The van der Waals surface area contributed by atoms with Crippen LogP contribution >= 0.6 is 7.14 Å². The van der Waals surface area contributed by atoms with Crippen molar-refractivity contribution in [1.82, 2.24) is 4.57 Å². The van der Waals surface area contributed by atoms with E-state index >= 15 is 4.57 Å². The van der Waals surface area contributed by atoms with Crippen molar-refractivity contribution in [2.75, 3.05) is 4.90 Å². The molecule has 1 aliphatic rings. The van der Waals surface area contributed by atoms with Crippen molar-refractivity contribution in [3.63, 3.8) is 0 Å². The lowest BCUT2D eigenvalue weighted by Gasteiger charge is -2.38. The van der Waals surface area contributed by atoms with Gasteiger partial charge in [-0.25, -0.2) is 0 Å². The van der Waals surface area contributed by atoms with Crippen LogP contribution in [0, 0.1) is 0 Å². The number of hydrogen-bond donors (Lipinski definition) is 0. The maximum absolute atomic E-state index is 16.1. The van der Waals surface area contributed by atoms with Crippen molar-refractivity contribution >= 4 is 72.7 Å². The Morgan fingerprint density at radius 1 is 0.380 bits per heavy atom. The van der Waals surface area contributed by atoms with E-state index in [0.29, 0.717) is 0 Å². The van der Waals surface area contributed by atoms with Gasteiger partial charge in [-0.05, 0) is 88.6 Å². The standard InChI is InChI=1S/C46H31N2OP/c49-50(44-25-13-15-32-14-7-8-20-37(32)44)45-24-12-11-23-42(45)48(36-18-5-2-6-19-36)43-31-34(27-29-46(43)50)33-26-28-41-39(30-33)38-21-9-10-22-40(38)47(41)35-16-3-1-4-17-35/h1-31H. The highest BCUT2D eigenvalue weighted by Gasteiger charge is 2.42. The predicted octanol–water partition coefficient (Wildman–Crippen LogP) is 11.0. The summed E-state index contributed by atoms with van der Waals surface area (Å²) in [6, 6.07) is 65.6. The summed E-state index contributed by atoms with van der Waals surface area (Å²) < 4.78 is 18.5. The third kappa shape index (κ3) is 4.21. The first-order valence-electron chi connectivity index (χ1n) is 17.0. The summed E-state index contributed by atoms with van der Waals surface area (Å²) in [6.07, 6.45) is 0. The Balaban J connectivity index is 1.23. The molecule has 9 aromatic rings. The average molecular weight is 659 g/mol. The molecule has 0 spiro atoms. The molecule has 0 bridgehead atoms. The molecule has 0 fully saturated rings. The lowest BCUT2D eigenvalue weighted by atomic mass is 10.0. The molecule has 0 N–H and O–H groups in total. The smallest absolute Gasteiger partial charge is 0.175 e. The minimum atomic E-state index is -3.31. The highest BCUT2D eigenvalue weighted by atomic mass is 31.2. The third-order valence-electron chi connectivity index (χ3n) is 10.2. The van der Waals surface area contributed by atoms with Gasteiger partial charge in [-0.1, -0.05) is 121 Å². The number of aromatic nitrogens is 1. The van der Waals surface area contributed by atoms with Gasteiger partial charge < -0.3 is 14.0 Å². The number of para-hydroxylation sites is 4. The molecule has 4 heteroatoms. The predicted molar refractivity (Wildman–Crippen MR) is 211 cm³/mol. The van der Waals surface area contributed by atoms with Crippen molar-refractivity contribution < 1.29 is 4.57 Å². The zero-order valence-corrected chi connectivity index (χ0v) is 28.0. The van der Waals surface area contributed by atoms with Crippen LogP contribution < -0.4 is 20.8 Å². The summed E-state index contributed by atoms with van der Waals surface area (Å²) in [5.41, 5.74) is 8.59. The van der Waals surface area contributed by atoms with Crippen LogP contribution in [0.3, 0.4) is 0 Å². The number of hydrogen-bond acceptors (Lipinski definition) is 2. The molecule has 0 amide bonds. The number of benzene rings is 8. The number of rotatable bonds is 4. The van der Waals surface area contributed by atoms with Gasteiger partial charge in [0.25, 0.3) is 0 Å². The maximum atomic E-state index is 16.1. The van der Waals surface area contributed by atoms with Gasteiger partial charge in [-0.3, -0.25) is 0 Å². The van der Waals surface area contributed by atoms with Gasteiger partial charge in [0.05, 0.1) is 22.4 Å². The molecule has 1 unspecified atom stereocenters. The van der Waals surface area contributed by atoms with E-state index in [9.17, 15) is 0 Å². The summed E-state index contributed by atoms with van der Waals surface area (Å²) in [6.45, 7) is 0. The first kappa shape index (κ1) is 28.8. The Morgan fingerprint density at radius 3 is 1.80 bits per heavy atom. The van der Waals surface area contributed by atoms with E-state index in [4.69, 9.17) is 0 Å². The molecular formula is C46H31N2OP. The maximum Gasteiger partial charge on any atom is 0.175 e. The van der Waals surface area contributed by atoms with Gasteiger partial charge in [0.1, 0.15) is 0 Å². The number of fused-ring (bicyclic) bond motifs is 6. The van der Waals surface area contributed by atoms with E-state index in [1.165, 1.54) is 21.8 Å². The number of anilines is 3. The fourth-order valence-electron chi connectivity index (χ4n) is 7.93. The number of nitrogens with zero attached hydrogens (tertiary/aromatic N) is 2. The van der Waals surface area contributed by atoms with Crippen LogP contribution in [-0.4, -0.2) is 4.57 Å². The van der Waals surface area contributed by atoms with E-state index < -0.39 is 7.14 Å². The van der Waals surface area contributed by atoms with Crippen LogP contribution in [0.2, 0.25) is 0 Å². The average Bonchev–Trinajstić information content (AvgIpc) is 3.52. The third-order valence-corrected chi connectivity index (χ3v) is 13.3. The second-order valence-corrected chi connectivity index (χ2v) is 15.6. The Labute approximate surface area is 290 Å². The van der Waals surface area contributed by atoms with Crippen LogP contribution in [0.25, 0.3) is 49.4 Å². The SMILES string of the molecule is O=P1(c2cccc3ccccc23)c2ccccc2N(c2ccccc2)c2cc(-c3ccc4c(c3)c3ccccc3n4-c3ccccc3)ccc21. The van der Waals surface area contributed by atoms with Crippen LogP contribution in [0.4, 0.5) is 17.1 Å². The second-order valence-electron chi connectivity index (χ2n) is 12.9. The van der Waals surface area contributed by atoms with Gasteiger partial charge in [-0.15, -0.1) is 0 Å². The summed E-state index contributed by atoms with van der Waals surface area (Å²) >= 11 is 0. The highest BCUT2D eigenvalue weighted by Crippen LogP contribution is 2.55. The lowest BCUT2D eigenvalue weighted by molar-refractivity contribution is 0.592. The van der Waals surface area contributed by atoms with E-state index in [1.54, 1.807) is 0 Å². The fourth-order valence-corrected chi connectivity index (χ4v) is 11.1. The Bertz CT molecular complexity index is 2800. The van der Waals surface area contributed by atoms with Gasteiger partial charge in [0, 0.05) is 38.1 Å². The monoisotopic (exact) mass is 658 g/mol. The van der Waals surface area contributed by atoms with E-state index in [1.807, 2.05) is 36.4 Å². The van der Waals surface area contributed by atoms with Gasteiger partial charge in [-0.2, -0.15) is 0 Å². The molecule has 1 aromatic heterocycles. The van der Waals surface area contributed by atoms with Crippen LogP contribution in [0.1, 0.15) is 0 Å².